The maximum absolute atomic E-state index is 13.6. The number of rotatable bonds is 5. The maximum Gasteiger partial charge on any atom is 0.326 e. The predicted molar refractivity (Wildman–Crippen MR) is 69.5 cm³/mol. The first-order valence-corrected chi connectivity index (χ1v) is 6.02. The number of carbonyl (C=O) groups is 1. The molecule has 1 aromatic heterocycles. The number of hydrogen-bond acceptors (Lipinski definition) is 4. The van der Waals surface area contributed by atoms with Gasteiger partial charge in [-0.1, -0.05) is 19.4 Å². The minimum absolute atomic E-state index is 0.181. The Morgan fingerprint density at radius 1 is 1.47 bits per heavy atom. The molecule has 5 nitrogen and oxygen atoms in total. The topological polar surface area (TPSA) is 75.1 Å². The summed E-state index contributed by atoms with van der Waals surface area (Å²) in [5.41, 5.74) is 0.181. The zero-order valence-electron chi connectivity index (χ0n) is 10.4. The molecule has 0 radical (unpaired) electrons. The predicted octanol–water partition coefficient (Wildman–Crippen LogP) is 2.43. The summed E-state index contributed by atoms with van der Waals surface area (Å²) < 4.78 is 13.6. The number of nitrogens with one attached hydrogen (secondary N) is 1. The molecule has 2 aromatic rings. The molecule has 19 heavy (non-hydrogen) atoms. The van der Waals surface area contributed by atoms with E-state index >= 15 is 0 Å². The second kappa shape index (κ2) is 5.60. The van der Waals surface area contributed by atoms with Crippen molar-refractivity contribution >= 4 is 22.7 Å². The van der Waals surface area contributed by atoms with Gasteiger partial charge >= 0.3 is 5.97 Å². The summed E-state index contributed by atoms with van der Waals surface area (Å²) in [6.07, 6.45) is 2.41. The summed E-state index contributed by atoms with van der Waals surface area (Å²) >= 11 is 0. The van der Waals surface area contributed by atoms with Crippen LogP contribution in [0.25, 0.3) is 10.9 Å². The first-order valence-electron chi connectivity index (χ1n) is 6.02. The molecule has 2 N–H and O–H groups in total. The molecule has 2 rings (SSSR count). The Balaban J connectivity index is 2.40. The molecular weight excluding hydrogens is 249 g/mol. The number of nitrogens with zero attached hydrogens (tertiary/aromatic N) is 2. The Bertz CT molecular complexity index is 603. The van der Waals surface area contributed by atoms with E-state index in [1.807, 2.05) is 6.92 Å². The van der Waals surface area contributed by atoms with Crippen LogP contribution in [0.3, 0.4) is 0 Å². The second-order valence-electron chi connectivity index (χ2n) is 4.18. The fourth-order valence-electron chi connectivity index (χ4n) is 1.88. The molecular formula is C13H14FN3O2. The van der Waals surface area contributed by atoms with Crippen LogP contribution in [0, 0.1) is 5.82 Å². The number of aromatic nitrogens is 2. The van der Waals surface area contributed by atoms with Gasteiger partial charge in [0.15, 0.2) is 0 Å². The molecule has 0 aliphatic rings. The van der Waals surface area contributed by atoms with E-state index in [-0.39, 0.29) is 5.52 Å². The molecule has 100 valence electrons. The number of para-hydroxylation sites is 1. The minimum atomic E-state index is -0.954. The van der Waals surface area contributed by atoms with E-state index in [1.54, 1.807) is 12.1 Å². The highest BCUT2D eigenvalue weighted by Gasteiger charge is 2.18. The van der Waals surface area contributed by atoms with Crippen molar-refractivity contribution in [3.05, 3.63) is 30.3 Å². The van der Waals surface area contributed by atoms with E-state index < -0.39 is 17.8 Å². The van der Waals surface area contributed by atoms with Crippen LogP contribution in [0.4, 0.5) is 10.2 Å². The van der Waals surface area contributed by atoms with Crippen molar-refractivity contribution in [2.45, 2.75) is 25.8 Å². The molecule has 0 bridgehead atoms. The van der Waals surface area contributed by atoms with Crippen molar-refractivity contribution in [1.29, 1.82) is 0 Å². The average molecular weight is 263 g/mol. The van der Waals surface area contributed by atoms with Crippen molar-refractivity contribution < 1.29 is 14.3 Å². The van der Waals surface area contributed by atoms with Crippen molar-refractivity contribution in [2.75, 3.05) is 5.32 Å². The van der Waals surface area contributed by atoms with Crippen LogP contribution < -0.4 is 5.32 Å². The van der Waals surface area contributed by atoms with Gasteiger partial charge < -0.3 is 10.4 Å². The summed E-state index contributed by atoms with van der Waals surface area (Å²) in [6, 6.07) is 3.76. The van der Waals surface area contributed by atoms with E-state index in [9.17, 15) is 9.18 Å². The smallest absolute Gasteiger partial charge is 0.326 e. The number of fused-ring (bicyclic) bond motifs is 1. The van der Waals surface area contributed by atoms with Crippen LogP contribution in [0.1, 0.15) is 19.8 Å². The molecule has 1 atom stereocenters. The van der Waals surface area contributed by atoms with Gasteiger partial charge in [0.25, 0.3) is 0 Å². The second-order valence-corrected chi connectivity index (χ2v) is 4.18. The minimum Gasteiger partial charge on any atom is -0.480 e. The molecule has 1 heterocycles. The van der Waals surface area contributed by atoms with E-state index in [1.165, 1.54) is 12.4 Å². The van der Waals surface area contributed by atoms with Gasteiger partial charge in [-0.3, -0.25) is 0 Å². The Labute approximate surface area is 109 Å². The van der Waals surface area contributed by atoms with Crippen LogP contribution in [-0.4, -0.2) is 27.1 Å². The molecule has 6 heteroatoms. The molecule has 0 saturated carbocycles. The fourth-order valence-corrected chi connectivity index (χ4v) is 1.88. The quantitative estimate of drug-likeness (QED) is 0.866. The number of anilines is 1. The average Bonchev–Trinajstić information content (AvgIpc) is 2.39. The summed E-state index contributed by atoms with van der Waals surface area (Å²) in [6.45, 7) is 1.90. The summed E-state index contributed by atoms with van der Waals surface area (Å²) in [5.74, 6) is -1.07. The van der Waals surface area contributed by atoms with Gasteiger partial charge in [0.05, 0.1) is 0 Å². The van der Waals surface area contributed by atoms with E-state index in [0.717, 1.165) is 6.42 Å². The van der Waals surface area contributed by atoms with E-state index in [4.69, 9.17) is 5.11 Å². The first kappa shape index (κ1) is 13.2. The highest BCUT2D eigenvalue weighted by molar-refractivity contribution is 5.90. The molecule has 1 unspecified atom stereocenters. The summed E-state index contributed by atoms with van der Waals surface area (Å²) in [5, 5.41) is 12.4. The monoisotopic (exact) mass is 263 g/mol. The third-order valence-electron chi connectivity index (χ3n) is 2.80. The van der Waals surface area contributed by atoms with Gasteiger partial charge in [0.2, 0.25) is 0 Å². The summed E-state index contributed by atoms with van der Waals surface area (Å²) in [4.78, 5) is 19.0. The molecule has 0 amide bonds. The number of carboxylic acid groups (broad SMARTS) is 1. The Hall–Kier alpha value is -2.24. The molecule has 1 aromatic carbocycles. The number of benzene rings is 1. The molecule has 0 spiro atoms. The fraction of sp³-hybridized carbons (Fsp3) is 0.308. The summed E-state index contributed by atoms with van der Waals surface area (Å²) in [7, 11) is 0. The maximum atomic E-state index is 13.6. The van der Waals surface area contributed by atoms with Crippen LogP contribution in [0.15, 0.2) is 24.5 Å². The lowest BCUT2D eigenvalue weighted by Gasteiger charge is -2.15. The molecule has 0 aliphatic heterocycles. The van der Waals surface area contributed by atoms with E-state index in [2.05, 4.69) is 15.3 Å². The zero-order chi connectivity index (χ0) is 13.8. The highest BCUT2D eigenvalue weighted by Crippen LogP contribution is 2.22. The Morgan fingerprint density at radius 2 is 2.26 bits per heavy atom. The van der Waals surface area contributed by atoms with Crippen LogP contribution in [-0.2, 0) is 4.79 Å². The Kier molecular flexibility index (Phi) is 3.89. The lowest BCUT2D eigenvalue weighted by molar-refractivity contribution is -0.138. The standard InChI is InChI=1S/C13H14FN3O2/c1-2-4-10(13(18)19)17-12-8-5-3-6-9(14)11(8)15-7-16-12/h3,5-7,10H,2,4H2,1H3,(H,18,19)(H,15,16,17). The molecule has 0 fully saturated rings. The molecule has 0 aliphatic carbocycles. The van der Waals surface area contributed by atoms with Gasteiger partial charge in [-0.15, -0.1) is 0 Å². The number of carboxylic acids is 1. The lowest BCUT2D eigenvalue weighted by Crippen LogP contribution is -2.29. The number of hydrogen-bond donors (Lipinski definition) is 2. The van der Waals surface area contributed by atoms with Crippen molar-refractivity contribution in [3.63, 3.8) is 0 Å². The normalized spacial score (nSPS) is 12.3. The number of aliphatic carboxylic acids is 1. The van der Waals surface area contributed by atoms with Gasteiger partial charge in [0.1, 0.15) is 29.5 Å². The van der Waals surface area contributed by atoms with Crippen LogP contribution in [0.2, 0.25) is 0 Å². The van der Waals surface area contributed by atoms with Gasteiger partial charge in [-0.2, -0.15) is 0 Å². The third-order valence-corrected chi connectivity index (χ3v) is 2.80. The van der Waals surface area contributed by atoms with E-state index in [0.29, 0.717) is 17.6 Å². The van der Waals surface area contributed by atoms with Gasteiger partial charge in [0, 0.05) is 5.39 Å². The lowest BCUT2D eigenvalue weighted by atomic mass is 10.1. The van der Waals surface area contributed by atoms with Gasteiger partial charge in [-0.05, 0) is 18.6 Å². The Morgan fingerprint density at radius 3 is 2.95 bits per heavy atom. The number of halogens is 1. The SMILES string of the molecule is CCCC(Nc1ncnc2c(F)cccc12)C(=O)O. The largest absolute Gasteiger partial charge is 0.480 e. The van der Waals surface area contributed by atoms with Crippen molar-refractivity contribution in [3.8, 4) is 0 Å². The first-order chi connectivity index (χ1) is 9.13. The van der Waals surface area contributed by atoms with Crippen molar-refractivity contribution in [1.82, 2.24) is 9.97 Å². The highest BCUT2D eigenvalue weighted by atomic mass is 19.1. The van der Waals surface area contributed by atoms with Crippen LogP contribution in [0.5, 0.6) is 0 Å². The molecule has 0 saturated heterocycles. The van der Waals surface area contributed by atoms with Crippen molar-refractivity contribution in [2.24, 2.45) is 0 Å². The third kappa shape index (κ3) is 2.78. The van der Waals surface area contributed by atoms with Crippen LogP contribution >= 0.6 is 0 Å². The zero-order valence-corrected chi connectivity index (χ0v) is 10.4. The van der Waals surface area contributed by atoms with Gasteiger partial charge in [-0.25, -0.2) is 19.2 Å².